The molecule has 1 aromatic heterocycles. The molecule has 8 nitrogen and oxygen atoms in total. The van der Waals surface area contributed by atoms with Crippen LogP contribution in [-0.4, -0.2) is 40.4 Å². The van der Waals surface area contributed by atoms with E-state index in [-0.39, 0.29) is 24.3 Å². The van der Waals surface area contributed by atoms with Crippen molar-refractivity contribution in [2.24, 2.45) is 5.92 Å². The van der Waals surface area contributed by atoms with Crippen molar-refractivity contribution in [1.29, 1.82) is 0 Å². The molecule has 1 aliphatic heterocycles. The Labute approximate surface area is 150 Å². The monoisotopic (exact) mass is 355 g/mol. The van der Waals surface area contributed by atoms with E-state index < -0.39 is 0 Å². The third-order valence-corrected chi connectivity index (χ3v) is 4.67. The second-order valence-electron chi connectivity index (χ2n) is 6.65. The van der Waals surface area contributed by atoms with Gasteiger partial charge in [0.15, 0.2) is 0 Å². The quantitative estimate of drug-likeness (QED) is 0.613. The van der Waals surface area contributed by atoms with Crippen molar-refractivity contribution in [3.63, 3.8) is 0 Å². The average Bonchev–Trinajstić information content (AvgIpc) is 3.30. The predicted octanol–water partition coefficient (Wildman–Crippen LogP) is 1.01. The average molecular weight is 355 g/mol. The fraction of sp³-hybridized carbons (Fsp3) is 0.333. The number of aliphatic hydroxyl groups is 1. The molecular weight excluding hydrogens is 334 g/mol. The topological polar surface area (TPSA) is 103 Å². The van der Waals surface area contributed by atoms with E-state index in [1.165, 1.54) is 0 Å². The Hall–Kier alpha value is -2.84. The molecule has 8 heteroatoms. The molecule has 1 aliphatic carbocycles. The van der Waals surface area contributed by atoms with Crippen LogP contribution in [0.15, 0.2) is 52.8 Å². The molecule has 0 spiro atoms. The molecule has 4 rings (SSSR count). The third-order valence-electron chi connectivity index (χ3n) is 4.67. The SMILES string of the molecule is O=C(NC1CC(CN2C=C(CO)NN2)C1)c1cc(-c2ccccc2)no1. The standard InChI is InChI=1S/C18H21N5O3/c24-11-15-10-23(22-20-15)9-12-6-14(7-12)19-18(25)17-8-16(21-26-17)13-4-2-1-3-5-13/h1-5,8,10,12,14,20,22,24H,6-7,9,11H2,(H,19,25). The van der Waals surface area contributed by atoms with E-state index >= 15 is 0 Å². The van der Waals surface area contributed by atoms with Crippen LogP contribution in [0.5, 0.6) is 0 Å². The van der Waals surface area contributed by atoms with E-state index in [9.17, 15) is 4.79 Å². The second-order valence-corrected chi connectivity index (χ2v) is 6.65. The number of aliphatic hydroxyl groups excluding tert-OH is 1. The highest BCUT2D eigenvalue weighted by molar-refractivity contribution is 5.92. The fourth-order valence-corrected chi connectivity index (χ4v) is 3.24. The lowest BCUT2D eigenvalue weighted by atomic mass is 9.80. The number of benzene rings is 1. The van der Waals surface area contributed by atoms with Crippen molar-refractivity contribution in [3.05, 3.63) is 54.1 Å². The molecular formula is C18H21N5O3. The Kier molecular flexibility index (Phi) is 4.59. The molecule has 0 bridgehead atoms. The number of carbonyl (C=O) groups excluding carboxylic acids is 1. The lowest BCUT2D eigenvalue weighted by Crippen LogP contribution is -2.49. The van der Waals surface area contributed by atoms with Gasteiger partial charge in [-0.15, -0.1) is 5.53 Å². The van der Waals surface area contributed by atoms with Crippen LogP contribution in [-0.2, 0) is 0 Å². The van der Waals surface area contributed by atoms with Crippen LogP contribution in [0.4, 0.5) is 0 Å². The molecule has 1 amide bonds. The molecule has 4 N–H and O–H groups in total. The summed E-state index contributed by atoms with van der Waals surface area (Å²) in [5, 5.41) is 17.9. The summed E-state index contributed by atoms with van der Waals surface area (Å²) in [5.41, 5.74) is 8.18. The molecule has 2 aliphatic rings. The summed E-state index contributed by atoms with van der Waals surface area (Å²) >= 11 is 0. The maximum atomic E-state index is 12.3. The molecule has 0 atom stereocenters. The Balaban J connectivity index is 1.25. The highest BCUT2D eigenvalue weighted by Gasteiger charge is 2.32. The van der Waals surface area contributed by atoms with Gasteiger partial charge in [-0.3, -0.25) is 9.80 Å². The molecule has 2 heterocycles. The van der Waals surface area contributed by atoms with Crippen LogP contribution in [0, 0.1) is 5.92 Å². The van der Waals surface area contributed by atoms with Gasteiger partial charge in [-0.1, -0.05) is 35.5 Å². The van der Waals surface area contributed by atoms with Crippen LogP contribution in [0.3, 0.4) is 0 Å². The fourth-order valence-electron chi connectivity index (χ4n) is 3.24. The van der Waals surface area contributed by atoms with Crippen molar-refractivity contribution in [1.82, 2.24) is 26.4 Å². The molecule has 0 unspecified atom stereocenters. The summed E-state index contributed by atoms with van der Waals surface area (Å²) in [7, 11) is 0. The Bertz CT molecular complexity index is 798. The lowest BCUT2D eigenvalue weighted by molar-refractivity contribution is 0.0823. The zero-order valence-corrected chi connectivity index (χ0v) is 14.2. The van der Waals surface area contributed by atoms with Gasteiger partial charge in [-0.2, -0.15) is 0 Å². The number of rotatable bonds is 6. The van der Waals surface area contributed by atoms with E-state index in [0.29, 0.717) is 11.6 Å². The maximum absolute atomic E-state index is 12.3. The molecule has 136 valence electrons. The molecule has 1 saturated carbocycles. The van der Waals surface area contributed by atoms with Crippen LogP contribution >= 0.6 is 0 Å². The van der Waals surface area contributed by atoms with E-state index in [1.807, 2.05) is 41.5 Å². The predicted molar refractivity (Wildman–Crippen MR) is 94.1 cm³/mol. The van der Waals surface area contributed by atoms with Crippen LogP contribution in [0.25, 0.3) is 11.3 Å². The molecule has 26 heavy (non-hydrogen) atoms. The van der Waals surface area contributed by atoms with E-state index in [0.717, 1.165) is 30.6 Å². The normalized spacial score (nSPS) is 21.7. The van der Waals surface area contributed by atoms with Crippen LogP contribution < -0.4 is 16.3 Å². The number of hydrogen-bond acceptors (Lipinski definition) is 7. The molecule has 2 aromatic rings. The first kappa shape index (κ1) is 16.6. The number of nitrogens with zero attached hydrogens (tertiary/aromatic N) is 2. The van der Waals surface area contributed by atoms with Gasteiger partial charge in [-0.25, -0.2) is 0 Å². The zero-order valence-electron chi connectivity index (χ0n) is 14.2. The van der Waals surface area contributed by atoms with Gasteiger partial charge in [0.2, 0.25) is 5.76 Å². The van der Waals surface area contributed by atoms with Crippen molar-refractivity contribution in [2.45, 2.75) is 18.9 Å². The van der Waals surface area contributed by atoms with Crippen molar-refractivity contribution < 1.29 is 14.4 Å². The Morgan fingerprint density at radius 2 is 2.15 bits per heavy atom. The lowest BCUT2D eigenvalue weighted by Gasteiger charge is -2.37. The van der Waals surface area contributed by atoms with Crippen molar-refractivity contribution in [3.8, 4) is 11.3 Å². The number of hydrogen-bond donors (Lipinski definition) is 4. The van der Waals surface area contributed by atoms with Crippen molar-refractivity contribution >= 4 is 5.91 Å². The highest BCUT2D eigenvalue weighted by Crippen LogP contribution is 2.29. The smallest absolute Gasteiger partial charge is 0.290 e. The van der Waals surface area contributed by atoms with Gasteiger partial charge >= 0.3 is 0 Å². The molecule has 0 radical (unpaired) electrons. The van der Waals surface area contributed by atoms with Gasteiger partial charge in [0.1, 0.15) is 5.69 Å². The summed E-state index contributed by atoms with van der Waals surface area (Å²) in [4.78, 5) is 12.3. The maximum Gasteiger partial charge on any atom is 0.290 e. The number of hydrazine groups is 2. The Morgan fingerprint density at radius 3 is 2.88 bits per heavy atom. The van der Waals surface area contributed by atoms with Crippen molar-refractivity contribution in [2.75, 3.05) is 13.2 Å². The van der Waals surface area contributed by atoms with E-state index in [4.69, 9.17) is 9.63 Å². The minimum atomic E-state index is -0.230. The summed E-state index contributed by atoms with van der Waals surface area (Å²) in [6, 6.07) is 11.4. The number of aromatic nitrogens is 1. The van der Waals surface area contributed by atoms with E-state index in [1.54, 1.807) is 6.07 Å². The van der Waals surface area contributed by atoms with Gasteiger partial charge < -0.3 is 20.4 Å². The van der Waals surface area contributed by atoms with Gasteiger partial charge in [0.25, 0.3) is 5.91 Å². The number of carbonyl (C=O) groups is 1. The molecule has 1 aromatic carbocycles. The molecule has 0 saturated heterocycles. The minimum Gasteiger partial charge on any atom is -0.390 e. The summed E-state index contributed by atoms with van der Waals surface area (Å²) in [6.45, 7) is 0.804. The summed E-state index contributed by atoms with van der Waals surface area (Å²) in [5.74, 6) is 0.485. The summed E-state index contributed by atoms with van der Waals surface area (Å²) < 4.78 is 5.19. The second kappa shape index (κ2) is 7.19. The minimum absolute atomic E-state index is 0.0188. The van der Waals surface area contributed by atoms with Crippen LogP contribution in [0.1, 0.15) is 23.4 Å². The third kappa shape index (κ3) is 3.56. The van der Waals surface area contributed by atoms with Gasteiger partial charge in [0.05, 0.1) is 12.3 Å². The van der Waals surface area contributed by atoms with Gasteiger partial charge in [0, 0.05) is 30.4 Å². The highest BCUT2D eigenvalue weighted by atomic mass is 16.5. The Morgan fingerprint density at radius 1 is 1.35 bits per heavy atom. The van der Waals surface area contributed by atoms with Crippen LogP contribution in [0.2, 0.25) is 0 Å². The summed E-state index contributed by atoms with van der Waals surface area (Å²) in [6.07, 6.45) is 3.67. The first-order valence-corrected chi connectivity index (χ1v) is 8.64. The first-order chi connectivity index (χ1) is 12.7. The first-order valence-electron chi connectivity index (χ1n) is 8.64. The number of nitrogens with one attached hydrogen (secondary N) is 3. The van der Waals surface area contributed by atoms with E-state index in [2.05, 4.69) is 21.4 Å². The number of amides is 1. The zero-order chi connectivity index (χ0) is 17.9. The van der Waals surface area contributed by atoms with Gasteiger partial charge in [-0.05, 0) is 18.8 Å². The largest absolute Gasteiger partial charge is 0.390 e. The molecule has 1 fully saturated rings.